The molecule has 10 heteroatoms. The van der Waals surface area contributed by atoms with Crippen molar-refractivity contribution in [3.05, 3.63) is 64.4 Å². The topological polar surface area (TPSA) is 20.9 Å². The van der Waals surface area contributed by atoms with E-state index in [0.717, 1.165) is 15.7 Å². The van der Waals surface area contributed by atoms with Gasteiger partial charge in [-0.2, -0.15) is 0 Å². The Hall–Kier alpha value is -1.47. The number of Topliss-reactive ketones (excluding diaryl/α,β-unsaturated/α-hetero) is 1. The molecule has 0 atom stereocenters. The summed E-state index contributed by atoms with van der Waals surface area (Å²) >= 11 is 3.37. The van der Waals surface area contributed by atoms with Gasteiger partial charge in [-0.1, -0.05) is 34.1 Å². The van der Waals surface area contributed by atoms with Gasteiger partial charge < -0.3 is 0 Å². The minimum atomic E-state index is -10.7. The molecule has 24 heavy (non-hydrogen) atoms. The average molecular weight is 436 g/mol. The molecule has 0 aliphatic carbocycles. The number of aromatic nitrogens is 1. The summed E-state index contributed by atoms with van der Waals surface area (Å²) in [5.41, 5.74) is 1.75. The summed E-state index contributed by atoms with van der Waals surface area (Å²) in [4.78, 5) is 12.1. The van der Waals surface area contributed by atoms with Gasteiger partial charge in [0.25, 0.3) is 0 Å². The molecule has 0 radical (unpaired) electrons. The molecule has 0 amide bonds. The second-order valence-corrected chi connectivity index (χ2v) is 7.70. The Labute approximate surface area is 142 Å². The first-order valence-corrected chi connectivity index (χ1v) is 9.22. The van der Waals surface area contributed by atoms with Gasteiger partial charge in [-0.05, 0) is 12.1 Å². The molecule has 0 saturated carbocycles. The third-order valence-corrected chi connectivity index (χ3v) is 3.14. The Balaban J connectivity index is 0.000000351. The summed E-state index contributed by atoms with van der Waals surface area (Å²) in [5.74, 6) is 0.133. The Morgan fingerprint density at radius 3 is 2.12 bits per heavy atom. The molecule has 0 saturated heterocycles. The first-order chi connectivity index (χ1) is 10.6. The van der Waals surface area contributed by atoms with E-state index in [4.69, 9.17) is 0 Å². The number of pyridine rings is 1. The molecule has 0 aliphatic heterocycles. The van der Waals surface area contributed by atoms with Crippen molar-refractivity contribution in [2.24, 2.45) is 7.05 Å². The van der Waals surface area contributed by atoms with Crippen molar-refractivity contribution in [1.29, 1.82) is 0 Å². The van der Waals surface area contributed by atoms with E-state index in [-0.39, 0.29) is 5.78 Å². The maximum absolute atomic E-state index is 12.1. The Morgan fingerprint density at radius 1 is 1.04 bits per heavy atom. The number of benzene rings is 1. The summed E-state index contributed by atoms with van der Waals surface area (Å²) in [6.45, 7) is 0. The number of rotatable bonds is 3. The number of hydrogen-bond donors (Lipinski definition) is 0. The number of aryl methyl sites for hydroxylation is 1. The second kappa shape index (κ2) is 6.44. The Morgan fingerprint density at radius 2 is 1.62 bits per heavy atom. The number of ketones is 1. The van der Waals surface area contributed by atoms with Gasteiger partial charge >= 0.3 is 33.0 Å². The molecule has 1 aromatic carbocycles. The van der Waals surface area contributed by atoms with E-state index >= 15 is 0 Å². The van der Waals surface area contributed by atoms with E-state index in [9.17, 15) is 30.0 Å². The zero-order valence-corrected chi connectivity index (χ0v) is 14.8. The van der Waals surface area contributed by atoms with Crippen LogP contribution in [0.2, 0.25) is 0 Å². The van der Waals surface area contributed by atoms with Crippen molar-refractivity contribution in [2.45, 2.75) is 6.42 Å². The van der Waals surface area contributed by atoms with Crippen LogP contribution >= 0.6 is 23.7 Å². The predicted octanol–water partition coefficient (Wildman–Crippen LogP) is 6.08. The maximum atomic E-state index is 12.1. The van der Waals surface area contributed by atoms with Gasteiger partial charge in [-0.15, -0.1) is 0 Å². The molecule has 2 aromatic rings. The SMILES string of the molecule is C[n+]1ccccc1CC(=O)c1cccc(Br)c1.F[P-](F)(F)(F)(F)F. The van der Waals surface area contributed by atoms with Crippen LogP contribution in [0.3, 0.4) is 0 Å². The normalized spacial score (nSPS) is 14.0. The third-order valence-electron chi connectivity index (χ3n) is 2.65. The fraction of sp³-hybridized carbons (Fsp3) is 0.143. The molecule has 0 N–H and O–H groups in total. The molecule has 1 aromatic heterocycles. The fourth-order valence-electron chi connectivity index (χ4n) is 1.67. The standard InChI is InChI=1S/C14H13BrNO.F6P/c1-16-8-3-2-7-13(16)10-14(17)11-5-4-6-12(15)9-11;1-7(2,3,4,5)6/h2-9H,10H2,1H3;/q+1;-1. The quantitative estimate of drug-likeness (QED) is 0.247. The summed E-state index contributed by atoms with van der Waals surface area (Å²) in [7, 11) is -8.71. The van der Waals surface area contributed by atoms with Crippen LogP contribution in [0.25, 0.3) is 0 Å². The Bertz CT molecular complexity index is 737. The van der Waals surface area contributed by atoms with E-state index < -0.39 is 7.81 Å². The summed E-state index contributed by atoms with van der Waals surface area (Å²) in [6, 6.07) is 13.4. The third kappa shape index (κ3) is 10.3. The van der Waals surface area contributed by atoms with E-state index in [1.807, 2.05) is 60.3 Å². The van der Waals surface area contributed by atoms with Crippen LogP contribution in [0.5, 0.6) is 0 Å². The minimum absolute atomic E-state index is 0.133. The van der Waals surface area contributed by atoms with Crippen LogP contribution in [0, 0.1) is 0 Å². The number of carbonyl (C=O) groups excluding carboxylic acids is 1. The van der Waals surface area contributed by atoms with Crippen molar-refractivity contribution < 1.29 is 34.5 Å². The number of carbonyl (C=O) groups is 1. The van der Waals surface area contributed by atoms with Gasteiger partial charge in [0.2, 0.25) is 0 Å². The number of hydrogen-bond acceptors (Lipinski definition) is 1. The summed E-state index contributed by atoms with van der Waals surface area (Å²) < 4.78 is 62.1. The van der Waals surface area contributed by atoms with E-state index in [1.165, 1.54) is 0 Å². The van der Waals surface area contributed by atoms with Crippen molar-refractivity contribution in [1.82, 2.24) is 0 Å². The van der Waals surface area contributed by atoms with Crippen LogP contribution < -0.4 is 4.57 Å². The Kier molecular flexibility index (Phi) is 5.52. The fourth-order valence-corrected chi connectivity index (χ4v) is 2.07. The summed E-state index contributed by atoms with van der Waals surface area (Å²) in [6.07, 6.45) is 2.37. The second-order valence-electron chi connectivity index (χ2n) is 4.87. The first kappa shape index (κ1) is 20.6. The molecule has 0 spiro atoms. The van der Waals surface area contributed by atoms with Crippen LogP contribution in [-0.2, 0) is 13.5 Å². The molecular weight excluding hydrogens is 423 g/mol. The van der Waals surface area contributed by atoms with Gasteiger partial charge in [-0.25, -0.2) is 4.57 Å². The van der Waals surface area contributed by atoms with Crippen molar-refractivity contribution in [3.63, 3.8) is 0 Å². The van der Waals surface area contributed by atoms with E-state index in [2.05, 4.69) is 15.9 Å². The summed E-state index contributed by atoms with van der Waals surface area (Å²) in [5, 5.41) is 0. The molecule has 0 bridgehead atoms. The van der Waals surface area contributed by atoms with Gasteiger partial charge in [0, 0.05) is 22.2 Å². The predicted molar refractivity (Wildman–Crippen MR) is 83.4 cm³/mol. The molecule has 0 unspecified atom stereocenters. The van der Waals surface area contributed by atoms with Gasteiger partial charge in [0.05, 0.1) is 6.42 Å². The zero-order valence-electron chi connectivity index (χ0n) is 12.3. The van der Waals surface area contributed by atoms with Crippen molar-refractivity contribution >= 4 is 29.5 Å². The van der Waals surface area contributed by atoms with Crippen LogP contribution in [-0.4, -0.2) is 5.78 Å². The molecular formula is C14H13BrF6NOP. The van der Waals surface area contributed by atoms with Crippen LogP contribution in [0.15, 0.2) is 53.1 Å². The first-order valence-electron chi connectivity index (χ1n) is 6.40. The van der Waals surface area contributed by atoms with Gasteiger partial charge in [-0.3, -0.25) is 4.79 Å². The molecule has 1 heterocycles. The molecule has 0 fully saturated rings. The number of halogens is 7. The molecule has 2 rings (SSSR count). The van der Waals surface area contributed by atoms with Crippen LogP contribution in [0.1, 0.15) is 16.1 Å². The van der Waals surface area contributed by atoms with Gasteiger partial charge in [0.1, 0.15) is 7.05 Å². The van der Waals surface area contributed by atoms with E-state index in [1.54, 1.807) is 0 Å². The van der Waals surface area contributed by atoms with E-state index in [0.29, 0.717) is 6.42 Å². The van der Waals surface area contributed by atoms with Gasteiger partial charge in [0.15, 0.2) is 17.7 Å². The molecule has 134 valence electrons. The van der Waals surface area contributed by atoms with Crippen molar-refractivity contribution in [2.75, 3.05) is 0 Å². The monoisotopic (exact) mass is 435 g/mol. The average Bonchev–Trinajstić information content (AvgIpc) is 2.38. The molecule has 2 nitrogen and oxygen atoms in total. The number of nitrogens with zero attached hydrogens (tertiary/aromatic N) is 1. The van der Waals surface area contributed by atoms with Crippen LogP contribution in [0.4, 0.5) is 25.2 Å². The molecule has 0 aliphatic rings. The zero-order chi connectivity index (χ0) is 18.7. The van der Waals surface area contributed by atoms with Crippen molar-refractivity contribution in [3.8, 4) is 0 Å².